The first-order valence-corrected chi connectivity index (χ1v) is 21.0. The molecule has 1 saturated heterocycles. The van der Waals surface area contributed by atoms with Gasteiger partial charge in [0.05, 0.1) is 30.1 Å². The van der Waals surface area contributed by atoms with Crippen molar-refractivity contribution < 1.29 is 79.5 Å². The van der Waals surface area contributed by atoms with Crippen LogP contribution in [0.2, 0.25) is 0 Å². The van der Waals surface area contributed by atoms with Crippen molar-refractivity contribution in [1.29, 1.82) is 5.41 Å². The molecule has 0 unspecified atom stereocenters. The molecule has 0 aliphatic carbocycles. The maximum Gasteiger partial charge on any atom is 0.330 e. The van der Waals surface area contributed by atoms with Crippen molar-refractivity contribution in [3.63, 3.8) is 0 Å². The molecule has 65 heavy (non-hydrogen) atoms. The van der Waals surface area contributed by atoms with Gasteiger partial charge < -0.3 is 52.5 Å². The fraction of sp³-hybridized carbons (Fsp3) is 0.667. The lowest BCUT2D eigenvalue weighted by Crippen LogP contribution is -2.61. The van der Waals surface area contributed by atoms with Gasteiger partial charge in [0.25, 0.3) is 0 Å². The first-order chi connectivity index (χ1) is 30.3. The van der Waals surface area contributed by atoms with Crippen molar-refractivity contribution in [3.8, 4) is 0 Å². The number of aliphatic hydroxyl groups is 4. The van der Waals surface area contributed by atoms with E-state index in [0.29, 0.717) is 27.0 Å². The molecular weight excluding hydrogens is 891 g/mol. The minimum Gasteiger partial charge on any atom is -0.480 e. The second kappa shape index (κ2) is 25.8. The van der Waals surface area contributed by atoms with Crippen LogP contribution in [0.4, 0.5) is 0 Å². The van der Waals surface area contributed by atoms with Crippen LogP contribution < -0.4 is 38.2 Å². The van der Waals surface area contributed by atoms with Gasteiger partial charge in [-0.05, 0) is 44.6 Å². The lowest BCUT2D eigenvalue weighted by molar-refractivity contribution is -0.163. The molecule has 28 nitrogen and oxygen atoms in total. The highest BCUT2D eigenvalue weighted by Gasteiger charge is 2.50. The number of nitrogens with two attached hydrogens (primary N) is 1. The van der Waals surface area contributed by atoms with E-state index in [-0.39, 0.29) is 63.6 Å². The number of aliphatic hydroxyl groups excluding tert-OH is 4. The van der Waals surface area contributed by atoms with Crippen LogP contribution in [-0.2, 0) is 45.4 Å². The van der Waals surface area contributed by atoms with Crippen LogP contribution in [0.3, 0.4) is 0 Å². The Balaban J connectivity index is 2.33. The van der Waals surface area contributed by atoms with E-state index in [0.717, 1.165) is 36.1 Å². The number of carbonyl (C=O) groups excluding carboxylic acids is 7. The molecule has 2 heterocycles. The molecule has 1 aliphatic heterocycles. The highest BCUT2D eigenvalue weighted by atomic mass is 32.2. The summed E-state index contributed by atoms with van der Waals surface area (Å²) in [5, 5.41) is 97.1. The maximum absolute atomic E-state index is 13.8. The fourth-order valence-corrected chi connectivity index (χ4v) is 7.82. The van der Waals surface area contributed by atoms with Crippen LogP contribution in [0, 0.1) is 5.41 Å². The predicted octanol–water partition coefficient (Wildman–Crippen LogP) is -6.24. The standard InChI is InChI=1S/C36H59N11O17S/c1-17(49)45(62)12-5-8-20(37)30(55)39-21(9-6-13-46(63)18(2)50)31(56)40-22(10-7-14-47(64)19(3)51)32(57)41-23(16-48)33(58)42-25(35(59)60)26(52)29-27(53)28(54)34(65-29)44-15-11-24(38)43(4)36(44)61/h11,15,20-23,25-29,34,38,48,52-54,62-64H,5-10,12-14,16,37H2,1-4H3,(H,39,55)(H,40,56)(H,41,57)(H,42,58)(H,59,60)/t20-,21-,22-,23-,25+,26-,27+,28+,29+,34+/m0/s1. The topological polar surface area (TPSA) is 433 Å². The molecule has 1 aromatic rings. The molecule has 0 bridgehead atoms. The molecule has 0 spiro atoms. The van der Waals surface area contributed by atoms with Crippen LogP contribution >= 0.6 is 11.8 Å². The Kier molecular flexibility index (Phi) is 22.1. The van der Waals surface area contributed by atoms with Crippen molar-refractivity contribution in [2.24, 2.45) is 12.8 Å². The minimum atomic E-state index is -2.27. The Bertz CT molecular complexity index is 1990. The number of hydroxylamine groups is 6. The number of nitrogens with one attached hydrogen (secondary N) is 5. The monoisotopic (exact) mass is 949 g/mol. The Morgan fingerprint density at radius 2 is 1.18 bits per heavy atom. The van der Waals surface area contributed by atoms with E-state index < -0.39 is 119 Å². The Hall–Kier alpha value is -5.53. The van der Waals surface area contributed by atoms with E-state index in [9.17, 15) is 84.3 Å². The molecule has 0 saturated carbocycles. The first kappa shape index (κ1) is 55.6. The van der Waals surface area contributed by atoms with Gasteiger partial charge in [-0.3, -0.25) is 63.7 Å². The highest BCUT2D eigenvalue weighted by Crippen LogP contribution is 2.43. The van der Waals surface area contributed by atoms with Crippen molar-refractivity contribution in [1.82, 2.24) is 45.6 Å². The number of aliphatic carboxylic acids is 1. The van der Waals surface area contributed by atoms with E-state index in [1.165, 1.54) is 13.1 Å². The third-order valence-corrected chi connectivity index (χ3v) is 11.8. The average molecular weight is 950 g/mol. The second-order valence-corrected chi connectivity index (χ2v) is 16.4. The van der Waals surface area contributed by atoms with Crippen molar-refractivity contribution in [3.05, 3.63) is 28.2 Å². The third-order valence-electron chi connectivity index (χ3n) is 10.2. The molecule has 1 aliphatic rings. The number of carboxylic acid groups (broad SMARTS) is 1. The van der Waals surface area contributed by atoms with E-state index in [1.807, 2.05) is 5.32 Å². The van der Waals surface area contributed by atoms with Crippen LogP contribution in [0.15, 0.2) is 17.1 Å². The molecule has 1 aromatic heterocycles. The van der Waals surface area contributed by atoms with Gasteiger partial charge >= 0.3 is 11.7 Å². The minimum absolute atomic E-state index is 0.0607. The predicted molar refractivity (Wildman–Crippen MR) is 220 cm³/mol. The van der Waals surface area contributed by atoms with Crippen LogP contribution in [0.1, 0.15) is 64.7 Å². The zero-order valence-corrected chi connectivity index (χ0v) is 36.8. The normalized spacial score (nSPS) is 19.6. The maximum atomic E-state index is 13.8. The Morgan fingerprint density at radius 3 is 1.63 bits per heavy atom. The summed E-state index contributed by atoms with van der Waals surface area (Å²) in [4.78, 5) is 114. The van der Waals surface area contributed by atoms with Crippen molar-refractivity contribution in [2.75, 3.05) is 26.2 Å². The SMILES string of the molecule is CC(=O)N(O)CCC[C@H](NC(=O)[C@H](CCCN(O)C(C)=O)NC(=O)[C@@H](N)CCCN(O)C(C)=O)C(=O)N[C@@H](CO)C(=O)N[C@@H](C(=O)O)[C@H](O)[C@H]1S[C@@H](n2ccc(=N)n(C)c2=O)[C@H](O)[C@H]1O. The largest absolute Gasteiger partial charge is 0.480 e. The quantitative estimate of drug-likeness (QED) is 0.0320. The molecule has 0 aromatic carbocycles. The molecule has 10 atom stereocenters. The first-order valence-electron chi connectivity index (χ1n) is 20.1. The van der Waals surface area contributed by atoms with E-state index in [4.69, 9.17) is 11.1 Å². The van der Waals surface area contributed by atoms with Gasteiger partial charge in [-0.1, -0.05) is 0 Å². The number of aromatic nitrogens is 2. The van der Waals surface area contributed by atoms with Gasteiger partial charge in [-0.25, -0.2) is 24.8 Å². The summed E-state index contributed by atoms with van der Waals surface area (Å²) >= 11 is 0.592. The third kappa shape index (κ3) is 16.1. The summed E-state index contributed by atoms with van der Waals surface area (Å²) < 4.78 is 1.87. The number of hydrogen-bond acceptors (Lipinski definition) is 19. The van der Waals surface area contributed by atoms with Gasteiger partial charge in [-0.15, -0.1) is 11.8 Å². The molecule has 1 fully saturated rings. The van der Waals surface area contributed by atoms with Gasteiger partial charge in [0.15, 0.2) is 6.04 Å². The summed E-state index contributed by atoms with van der Waals surface area (Å²) in [5.74, 6) is -8.59. The summed E-state index contributed by atoms with van der Waals surface area (Å²) in [6.07, 6.45) is -5.62. The molecule has 7 amide bonds. The highest BCUT2D eigenvalue weighted by molar-refractivity contribution is 8.00. The molecule has 29 heteroatoms. The second-order valence-electron chi connectivity index (χ2n) is 15.1. The molecular formula is C36H59N11O17S. The average Bonchev–Trinajstić information content (AvgIpc) is 3.54. The Labute approximate surface area is 374 Å². The summed E-state index contributed by atoms with van der Waals surface area (Å²) in [6.45, 7) is 1.14. The summed E-state index contributed by atoms with van der Waals surface area (Å²) in [5.41, 5.74) is 5.00. The number of rotatable bonds is 25. The number of hydrogen-bond donors (Lipinski definition) is 14. The number of carboxylic acids is 1. The van der Waals surface area contributed by atoms with Gasteiger partial charge in [0.1, 0.15) is 35.1 Å². The number of carbonyl (C=O) groups is 8. The molecule has 2 rings (SSSR count). The smallest absolute Gasteiger partial charge is 0.330 e. The molecule has 15 N–H and O–H groups in total. The Morgan fingerprint density at radius 1 is 0.754 bits per heavy atom. The summed E-state index contributed by atoms with van der Waals surface area (Å²) in [7, 11) is 1.27. The number of thioether (sulfide) groups is 1. The number of nitrogens with zero attached hydrogens (tertiary/aromatic N) is 5. The lowest BCUT2D eigenvalue weighted by Gasteiger charge is -2.29. The summed E-state index contributed by atoms with van der Waals surface area (Å²) in [6, 6.07) is -7.52. The van der Waals surface area contributed by atoms with Crippen molar-refractivity contribution in [2.45, 2.75) is 118 Å². The van der Waals surface area contributed by atoms with E-state index >= 15 is 0 Å². The van der Waals surface area contributed by atoms with Crippen molar-refractivity contribution >= 4 is 59.1 Å². The number of amides is 7. The van der Waals surface area contributed by atoms with Crippen LogP contribution in [0.5, 0.6) is 0 Å². The van der Waals surface area contributed by atoms with Gasteiger partial charge in [-0.2, -0.15) is 0 Å². The van der Waals surface area contributed by atoms with E-state index in [2.05, 4.69) is 16.0 Å². The lowest BCUT2D eigenvalue weighted by atomic mass is 10.00. The van der Waals surface area contributed by atoms with Crippen LogP contribution in [0.25, 0.3) is 0 Å². The molecule has 366 valence electrons. The van der Waals surface area contributed by atoms with E-state index in [1.54, 1.807) is 0 Å². The zero-order valence-electron chi connectivity index (χ0n) is 36.0. The zero-order chi connectivity index (χ0) is 49.5. The van der Waals surface area contributed by atoms with Crippen LogP contribution in [-0.4, -0.2) is 193 Å². The van der Waals surface area contributed by atoms with Gasteiger partial charge in [0, 0.05) is 53.6 Å². The molecule has 0 radical (unpaired) electrons. The fourth-order valence-electron chi connectivity index (χ4n) is 6.24. The van der Waals surface area contributed by atoms with Gasteiger partial charge in [0.2, 0.25) is 41.4 Å².